The molecule has 0 aliphatic rings. The van der Waals surface area contributed by atoms with E-state index in [4.69, 9.17) is 14.8 Å². The standard InChI is InChI=1S/C14H13BFNO4/c1-21-12-8-3-2-7-11(12)17-14(18)9-5-4-6-10(13(9)16)15(19)20/h2-8,19-20H,1H3,(H,17,18). The summed E-state index contributed by atoms with van der Waals surface area (Å²) in [6.45, 7) is 0. The van der Waals surface area contributed by atoms with Gasteiger partial charge in [-0.2, -0.15) is 0 Å². The van der Waals surface area contributed by atoms with Gasteiger partial charge in [0.25, 0.3) is 5.91 Å². The number of nitrogens with one attached hydrogen (secondary N) is 1. The average Bonchev–Trinajstić information content (AvgIpc) is 2.47. The first kappa shape index (κ1) is 15.0. The lowest BCUT2D eigenvalue weighted by molar-refractivity contribution is 0.102. The van der Waals surface area contributed by atoms with Crippen LogP contribution in [-0.2, 0) is 0 Å². The maximum absolute atomic E-state index is 14.0. The van der Waals surface area contributed by atoms with E-state index in [2.05, 4.69) is 5.32 Å². The lowest BCUT2D eigenvalue weighted by Gasteiger charge is -2.11. The molecule has 108 valence electrons. The monoisotopic (exact) mass is 289 g/mol. The summed E-state index contributed by atoms with van der Waals surface area (Å²) in [7, 11) is -0.530. The molecule has 0 aliphatic heterocycles. The highest BCUT2D eigenvalue weighted by atomic mass is 19.1. The fraction of sp³-hybridized carbons (Fsp3) is 0.0714. The molecule has 0 saturated heterocycles. The highest BCUT2D eigenvalue weighted by Gasteiger charge is 2.22. The minimum Gasteiger partial charge on any atom is -0.495 e. The molecule has 0 heterocycles. The van der Waals surface area contributed by atoms with Crippen LogP contribution in [0.25, 0.3) is 0 Å². The highest BCUT2D eigenvalue weighted by molar-refractivity contribution is 6.58. The molecule has 21 heavy (non-hydrogen) atoms. The summed E-state index contributed by atoms with van der Waals surface area (Å²) < 4.78 is 19.1. The van der Waals surface area contributed by atoms with Gasteiger partial charge in [0.05, 0.1) is 18.4 Å². The maximum atomic E-state index is 14.0. The smallest absolute Gasteiger partial charge is 0.491 e. The SMILES string of the molecule is COc1ccccc1NC(=O)c1cccc(B(O)O)c1F. The van der Waals surface area contributed by atoms with Crippen LogP contribution in [0, 0.1) is 5.82 Å². The van der Waals surface area contributed by atoms with Crippen molar-refractivity contribution in [3.8, 4) is 5.75 Å². The molecule has 1 amide bonds. The van der Waals surface area contributed by atoms with Gasteiger partial charge in [0.15, 0.2) is 0 Å². The van der Waals surface area contributed by atoms with Crippen molar-refractivity contribution < 1.29 is 24.0 Å². The van der Waals surface area contributed by atoms with E-state index in [1.54, 1.807) is 24.3 Å². The molecule has 2 rings (SSSR count). The van der Waals surface area contributed by atoms with Gasteiger partial charge < -0.3 is 20.1 Å². The first-order valence-corrected chi connectivity index (χ1v) is 6.13. The van der Waals surface area contributed by atoms with E-state index in [0.717, 1.165) is 0 Å². The molecule has 0 unspecified atom stereocenters. The van der Waals surface area contributed by atoms with Crippen molar-refractivity contribution in [3.63, 3.8) is 0 Å². The van der Waals surface area contributed by atoms with E-state index in [9.17, 15) is 9.18 Å². The number of ether oxygens (including phenoxy) is 1. The number of carbonyl (C=O) groups is 1. The van der Waals surface area contributed by atoms with E-state index in [1.165, 1.54) is 25.3 Å². The molecule has 0 aromatic heterocycles. The third-order valence-corrected chi connectivity index (χ3v) is 2.91. The zero-order chi connectivity index (χ0) is 15.4. The summed E-state index contributed by atoms with van der Waals surface area (Å²) in [5.74, 6) is -1.25. The minimum absolute atomic E-state index is 0.286. The summed E-state index contributed by atoms with van der Waals surface area (Å²) in [6, 6.07) is 10.5. The number of carbonyl (C=O) groups excluding carboxylic acids is 1. The molecular weight excluding hydrogens is 276 g/mol. The Hall–Kier alpha value is -2.38. The Kier molecular flexibility index (Phi) is 4.57. The van der Waals surface area contributed by atoms with E-state index in [1.807, 2.05) is 0 Å². The second kappa shape index (κ2) is 6.38. The third-order valence-electron chi connectivity index (χ3n) is 2.91. The number of anilines is 1. The van der Waals surface area contributed by atoms with Gasteiger partial charge in [-0.05, 0) is 18.2 Å². The summed E-state index contributed by atoms with van der Waals surface area (Å²) in [4.78, 5) is 12.1. The molecule has 0 aliphatic carbocycles. The van der Waals surface area contributed by atoms with Crippen LogP contribution in [-0.4, -0.2) is 30.2 Å². The number of benzene rings is 2. The predicted molar refractivity (Wildman–Crippen MR) is 77.2 cm³/mol. The van der Waals surface area contributed by atoms with Gasteiger partial charge in [-0.25, -0.2) is 4.39 Å². The number of methoxy groups -OCH3 is 1. The Morgan fingerprint density at radius 2 is 1.90 bits per heavy atom. The van der Waals surface area contributed by atoms with Gasteiger partial charge in [-0.15, -0.1) is 0 Å². The van der Waals surface area contributed by atoms with Crippen LogP contribution in [0.1, 0.15) is 10.4 Å². The van der Waals surface area contributed by atoms with E-state index in [0.29, 0.717) is 11.4 Å². The van der Waals surface area contributed by atoms with Crippen molar-refractivity contribution in [1.29, 1.82) is 0 Å². The van der Waals surface area contributed by atoms with Crippen molar-refractivity contribution in [2.75, 3.05) is 12.4 Å². The number of hydrogen-bond acceptors (Lipinski definition) is 4. The number of amides is 1. The topological polar surface area (TPSA) is 78.8 Å². The summed E-state index contributed by atoms with van der Waals surface area (Å²) in [6.07, 6.45) is 0. The van der Waals surface area contributed by atoms with Crippen LogP contribution in [0.15, 0.2) is 42.5 Å². The van der Waals surface area contributed by atoms with E-state index < -0.39 is 18.8 Å². The molecule has 2 aromatic carbocycles. The second-order valence-electron chi connectivity index (χ2n) is 4.24. The van der Waals surface area contributed by atoms with Crippen LogP contribution in [0.4, 0.5) is 10.1 Å². The number of rotatable bonds is 4. The van der Waals surface area contributed by atoms with Crippen molar-refractivity contribution in [3.05, 3.63) is 53.8 Å². The summed E-state index contributed by atoms with van der Waals surface area (Å²) in [5.41, 5.74) is -0.256. The molecule has 0 atom stereocenters. The Labute approximate surface area is 121 Å². The van der Waals surface area contributed by atoms with Gasteiger partial charge in [0.2, 0.25) is 0 Å². The number of hydrogen-bond donors (Lipinski definition) is 3. The van der Waals surface area contributed by atoms with Gasteiger partial charge in [-0.3, -0.25) is 4.79 Å². The largest absolute Gasteiger partial charge is 0.495 e. The number of para-hydroxylation sites is 2. The van der Waals surface area contributed by atoms with Crippen molar-refractivity contribution in [2.45, 2.75) is 0 Å². The second-order valence-corrected chi connectivity index (χ2v) is 4.24. The van der Waals surface area contributed by atoms with Crippen LogP contribution in [0.2, 0.25) is 0 Å². The number of halogens is 1. The van der Waals surface area contributed by atoms with Crippen molar-refractivity contribution in [1.82, 2.24) is 0 Å². The Bertz CT molecular complexity index is 663. The fourth-order valence-electron chi connectivity index (χ4n) is 1.86. The first-order chi connectivity index (χ1) is 10.0. The van der Waals surface area contributed by atoms with Gasteiger partial charge in [-0.1, -0.05) is 24.3 Å². The van der Waals surface area contributed by atoms with Crippen LogP contribution < -0.4 is 15.5 Å². The molecule has 0 spiro atoms. The molecule has 2 aromatic rings. The van der Waals surface area contributed by atoms with Crippen LogP contribution >= 0.6 is 0 Å². The van der Waals surface area contributed by atoms with Crippen molar-refractivity contribution in [2.24, 2.45) is 0 Å². The Morgan fingerprint density at radius 1 is 1.19 bits per heavy atom. The maximum Gasteiger partial charge on any atom is 0.491 e. The molecule has 0 bridgehead atoms. The first-order valence-electron chi connectivity index (χ1n) is 6.13. The normalized spacial score (nSPS) is 10.1. The molecular formula is C14H13BFNO4. The van der Waals surface area contributed by atoms with Crippen molar-refractivity contribution >= 4 is 24.2 Å². The zero-order valence-electron chi connectivity index (χ0n) is 11.2. The minimum atomic E-state index is -1.98. The van der Waals surface area contributed by atoms with Gasteiger partial charge in [0.1, 0.15) is 11.6 Å². The average molecular weight is 289 g/mol. The lowest BCUT2D eigenvalue weighted by Crippen LogP contribution is -2.34. The molecule has 0 radical (unpaired) electrons. The van der Waals surface area contributed by atoms with Gasteiger partial charge in [0, 0.05) is 5.46 Å². The zero-order valence-corrected chi connectivity index (χ0v) is 11.2. The summed E-state index contributed by atoms with van der Waals surface area (Å²) >= 11 is 0. The molecule has 3 N–H and O–H groups in total. The predicted octanol–water partition coefficient (Wildman–Crippen LogP) is 0.766. The van der Waals surface area contributed by atoms with Gasteiger partial charge >= 0.3 is 7.12 Å². The fourth-order valence-corrected chi connectivity index (χ4v) is 1.86. The van der Waals surface area contributed by atoms with E-state index >= 15 is 0 Å². The quantitative estimate of drug-likeness (QED) is 0.726. The lowest BCUT2D eigenvalue weighted by atomic mass is 9.79. The summed E-state index contributed by atoms with van der Waals surface area (Å²) in [5, 5.41) is 20.6. The molecule has 5 nitrogen and oxygen atoms in total. The molecule has 7 heteroatoms. The Balaban J connectivity index is 2.31. The van der Waals surface area contributed by atoms with E-state index in [-0.39, 0.29) is 11.0 Å². The highest BCUT2D eigenvalue weighted by Crippen LogP contribution is 2.23. The van der Waals surface area contributed by atoms with Crippen LogP contribution in [0.5, 0.6) is 5.75 Å². The molecule has 0 fully saturated rings. The molecule has 0 saturated carbocycles. The Morgan fingerprint density at radius 3 is 2.57 bits per heavy atom. The third kappa shape index (κ3) is 3.21. The van der Waals surface area contributed by atoms with Crippen LogP contribution in [0.3, 0.4) is 0 Å².